The minimum Gasteiger partial charge on any atom is -0.337 e. The van der Waals surface area contributed by atoms with Crippen LogP contribution in [-0.4, -0.2) is 15.0 Å². The zero-order chi connectivity index (χ0) is 20.6. The predicted molar refractivity (Wildman–Crippen MR) is 102 cm³/mol. The van der Waals surface area contributed by atoms with Gasteiger partial charge in [0.05, 0.1) is 16.9 Å². The van der Waals surface area contributed by atoms with Crippen molar-refractivity contribution < 1.29 is 17.6 Å². The summed E-state index contributed by atoms with van der Waals surface area (Å²) in [5, 5.41) is 4.36. The second-order valence-corrected chi connectivity index (χ2v) is 6.46. The van der Waals surface area contributed by atoms with Crippen molar-refractivity contribution >= 4 is 22.3 Å². The Balaban J connectivity index is 1.69. The van der Waals surface area contributed by atoms with E-state index in [9.17, 15) is 17.6 Å². The number of nitrogens with one attached hydrogen (secondary N) is 1. The molecule has 0 radical (unpaired) electrons. The highest BCUT2D eigenvalue weighted by Gasteiger charge is 2.30. The molecular weight excluding hydrogens is 384 g/mol. The smallest absolute Gasteiger partial charge is 0.337 e. The van der Waals surface area contributed by atoms with Gasteiger partial charge in [-0.15, -0.1) is 0 Å². The molecule has 0 unspecified atom stereocenters. The molecule has 0 aliphatic carbocycles. The van der Waals surface area contributed by atoms with Crippen LogP contribution in [0.3, 0.4) is 0 Å². The van der Waals surface area contributed by atoms with Gasteiger partial charge in [0.15, 0.2) is 0 Å². The van der Waals surface area contributed by atoms with E-state index < -0.39 is 17.6 Å². The molecule has 0 spiro atoms. The molecule has 4 rings (SSSR count). The summed E-state index contributed by atoms with van der Waals surface area (Å²) in [6, 6.07) is 10.9. The van der Waals surface area contributed by atoms with Crippen LogP contribution < -0.4 is 5.32 Å². The highest BCUT2D eigenvalue weighted by atomic mass is 19.4. The van der Waals surface area contributed by atoms with Crippen LogP contribution in [0.2, 0.25) is 0 Å². The van der Waals surface area contributed by atoms with Crippen LogP contribution in [0.1, 0.15) is 11.3 Å². The van der Waals surface area contributed by atoms with Gasteiger partial charge in [0.1, 0.15) is 18.0 Å². The van der Waals surface area contributed by atoms with E-state index in [2.05, 4.69) is 20.3 Å². The molecule has 4 aromatic rings. The Hall–Kier alpha value is -3.55. The molecule has 1 N–H and O–H groups in total. The maximum atomic E-state index is 14.5. The fraction of sp³-hybridized carbons (Fsp3) is 0.0952. The average molecular weight is 398 g/mol. The molecule has 0 atom stereocenters. The van der Waals surface area contributed by atoms with Crippen molar-refractivity contribution in [3.8, 4) is 11.3 Å². The molecule has 29 heavy (non-hydrogen) atoms. The molecular formula is C21H14F4N4. The van der Waals surface area contributed by atoms with Crippen LogP contribution >= 0.6 is 0 Å². The second kappa shape index (κ2) is 7.12. The molecule has 0 saturated heterocycles. The zero-order valence-electron chi connectivity index (χ0n) is 15.1. The summed E-state index contributed by atoms with van der Waals surface area (Å²) in [6.45, 7) is 1.81. The molecule has 0 aliphatic heterocycles. The van der Waals surface area contributed by atoms with Gasteiger partial charge in [-0.3, -0.25) is 4.98 Å². The summed E-state index contributed by atoms with van der Waals surface area (Å²) in [4.78, 5) is 12.4. The molecule has 0 aliphatic rings. The Labute approximate surface area is 163 Å². The normalized spacial score (nSPS) is 11.6. The molecule has 0 bridgehead atoms. The SMILES string of the molecule is Cc1cc2c(Nc3cc(-c4ccc(C(F)(F)F)cc4)ncn3)c(F)ccc2cn1. The Morgan fingerprint density at radius 1 is 0.897 bits per heavy atom. The molecule has 146 valence electrons. The van der Waals surface area contributed by atoms with Gasteiger partial charge < -0.3 is 5.32 Å². The highest BCUT2D eigenvalue weighted by molar-refractivity contribution is 5.95. The third-order valence-corrected chi connectivity index (χ3v) is 4.42. The number of hydrogen-bond acceptors (Lipinski definition) is 4. The maximum Gasteiger partial charge on any atom is 0.416 e. The van der Waals surface area contributed by atoms with E-state index in [1.54, 1.807) is 24.4 Å². The lowest BCUT2D eigenvalue weighted by Gasteiger charge is -2.12. The number of aryl methyl sites for hydroxylation is 1. The first kappa shape index (κ1) is 18.8. The summed E-state index contributed by atoms with van der Waals surface area (Å²) in [6.07, 6.45) is -1.48. The van der Waals surface area contributed by atoms with E-state index >= 15 is 0 Å². The number of fused-ring (bicyclic) bond motifs is 1. The van der Waals surface area contributed by atoms with Crippen LogP contribution in [0.5, 0.6) is 0 Å². The Morgan fingerprint density at radius 3 is 2.38 bits per heavy atom. The zero-order valence-corrected chi connectivity index (χ0v) is 15.1. The number of anilines is 2. The topological polar surface area (TPSA) is 50.7 Å². The Morgan fingerprint density at radius 2 is 1.66 bits per heavy atom. The molecule has 2 aromatic heterocycles. The summed E-state index contributed by atoms with van der Waals surface area (Å²) < 4.78 is 52.7. The van der Waals surface area contributed by atoms with Crippen LogP contribution in [0, 0.1) is 12.7 Å². The number of halogens is 4. The minimum absolute atomic E-state index is 0.241. The van der Waals surface area contributed by atoms with Gasteiger partial charge >= 0.3 is 6.18 Å². The fourth-order valence-electron chi connectivity index (χ4n) is 2.96. The summed E-state index contributed by atoms with van der Waals surface area (Å²) >= 11 is 0. The summed E-state index contributed by atoms with van der Waals surface area (Å²) in [7, 11) is 0. The molecule has 2 aromatic carbocycles. The van der Waals surface area contributed by atoms with Crippen LogP contribution in [0.4, 0.5) is 29.1 Å². The minimum atomic E-state index is -4.41. The number of alkyl halides is 3. The number of aromatic nitrogens is 3. The molecule has 0 fully saturated rings. The van der Waals surface area contributed by atoms with Gasteiger partial charge in [-0.25, -0.2) is 14.4 Å². The fourth-order valence-corrected chi connectivity index (χ4v) is 2.96. The average Bonchev–Trinajstić information content (AvgIpc) is 2.70. The van der Waals surface area contributed by atoms with Crippen LogP contribution in [-0.2, 0) is 6.18 Å². The lowest BCUT2D eigenvalue weighted by molar-refractivity contribution is -0.137. The number of pyridine rings is 1. The van der Waals surface area contributed by atoms with Gasteiger partial charge in [0, 0.05) is 34.3 Å². The standard InChI is InChI=1S/C21H14F4N4/c1-12-8-16-14(10-26-12)4-7-17(22)20(16)29-19-9-18(27-11-28-19)13-2-5-15(6-3-13)21(23,24)25/h2-11H,1H3,(H,27,28,29). The van der Waals surface area contributed by atoms with Gasteiger partial charge in [0.25, 0.3) is 0 Å². The molecule has 0 amide bonds. The molecule has 0 saturated carbocycles. The first-order valence-electron chi connectivity index (χ1n) is 8.63. The van der Waals surface area contributed by atoms with Crippen molar-refractivity contribution in [3.05, 3.63) is 78.1 Å². The largest absolute Gasteiger partial charge is 0.416 e. The van der Waals surface area contributed by atoms with Crippen molar-refractivity contribution in [2.24, 2.45) is 0 Å². The van der Waals surface area contributed by atoms with Gasteiger partial charge in [-0.1, -0.05) is 12.1 Å². The number of benzene rings is 2. The van der Waals surface area contributed by atoms with E-state index in [0.29, 0.717) is 22.5 Å². The van der Waals surface area contributed by atoms with E-state index in [1.165, 1.54) is 24.5 Å². The quantitative estimate of drug-likeness (QED) is 0.437. The number of nitrogens with zero attached hydrogens (tertiary/aromatic N) is 3. The van der Waals surface area contributed by atoms with Gasteiger partial charge in [0.2, 0.25) is 0 Å². The molecule has 8 heteroatoms. The highest BCUT2D eigenvalue weighted by Crippen LogP contribution is 2.32. The van der Waals surface area contributed by atoms with Gasteiger partial charge in [-0.05, 0) is 37.3 Å². The first-order chi connectivity index (χ1) is 13.8. The van der Waals surface area contributed by atoms with Crippen molar-refractivity contribution in [1.82, 2.24) is 15.0 Å². The van der Waals surface area contributed by atoms with Crippen molar-refractivity contribution in [3.63, 3.8) is 0 Å². The van der Waals surface area contributed by atoms with Crippen molar-refractivity contribution in [2.45, 2.75) is 13.1 Å². The number of rotatable bonds is 3. The predicted octanol–water partition coefficient (Wildman–Crippen LogP) is 5.90. The van der Waals surface area contributed by atoms with Crippen molar-refractivity contribution in [1.29, 1.82) is 0 Å². The number of hydrogen-bond donors (Lipinski definition) is 1. The second-order valence-electron chi connectivity index (χ2n) is 6.46. The lowest BCUT2D eigenvalue weighted by Crippen LogP contribution is -2.04. The summed E-state index contributed by atoms with van der Waals surface area (Å²) in [5.74, 6) is -0.145. The molecule has 2 heterocycles. The monoisotopic (exact) mass is 398 g/mol. The summed E-state index contributed by atoms with van der Waals surface area (Å²) in [5.41, 5.74) is 1.14. The Bertz CT molecular complexity index is 1180. The third-order valence-electron chi connectivity index (χ3n) is 4.42. The van der Waals surface area contributed by atoms with Crippen molar-refractivity contribution in [2.75, 3.05) is 5.32 Å². The van der Waals surface area contributed by atoms with E-state index in [4.69, 9.17) is 0 Å². The van der Waals surface area contributed by atoms with E-state index in [0.717, 1.165) is 23.2 Å². The van der Waals surface area contributed by atoms with Crippen LogP contribution in [0.25, 0.3) is 22.0 Å². The lowest BCUT2D eigenvalue weighted by atomic mass is 10.1. The third kappa shape index (κ3) is 3.87. The maximum absolute atomic E-state index is 14.5. The molecule has 4 nitrogen and oxygen atoms in total. The van der Waals surface area contributed by atoms with Gasteiger partial charge in [-0.2, -0.15) is 13.2 Å². The van der Waals surface area contributed by atoms with E-state index in [1.807, 2.05) is 6.92 Å². The van der Waals surface area contributed by atoms with E-state index in [-0.39, 0.29) is 5.69 Å². The van der Waals surface area contributed by atoms with Crippen LogP contribution in [0.15, 0.2) is 61.1 Å². The first-order valence-corrected chi connectivity index (χ1v) is 8.63. The Kier molecular flexibility index (Phi) is 4.62.